The summed E-state index contributed by atoms with van der Waals surface area (Å²) in [6.45, 7) is 4.80. The van der Waals surface area contributed by atoms with E-state index < -0.39 is 0 Å². The summed E-state index contributed by atoms with van der Waals surface area (Å²) >= 11 is 0. The highest BCUT2D eigenvalue weighted by atomic mass is 16.5. The quantitative estimate of drug-likeness (QED) is 0.757. The summed E-state index contributed by atoms with van der Waals surface area (Å²) in [7, 11) is 0. The third kappa shape index (κ3) is 3.41. The zero-order valence-electron chi connectivity index (χ0n) is 10.5. The van der Waals surface area contributed by atoms with Crippen LogP contribution in [0.1, 0.15) is 25.5 Å². The average Bonchev–Trinajstić information content (AvgIpc) is 2.76. The summed E-state index contributed by atoms with van der Waals surface area (Å²) in [5.41, 5.74) is 0. The fraction of sp³-hybridized carbons (Fsp3) is 0.455. The van der Waals surface area contributed by atoms with Gasteiger partial charge in [-0.05, 0) is 13.3 Å². The summed E-state index contributed by atoms with van der Waals surface area (Å²) in [5, 5.41) is 17.7. The van der Waals surface area contributed by atoms with Crippen molar-refractivity contribution >= 4 is 17.6 Å². The molecule has 0 amide bonds. The lowest BCUT2D eigenvalue weighted by atomic mass is 10.3. The Labute approximate surface area is 105 Å². The van der Waals surface area contributed by atoms with Gasteiger partial charge in [0.25, 0.3) is 0 Å². The van der Waals surface area contributed by atoms with E-state index in [4.69, 9.17) is 4.52 Å². The number of unbranched alkanes of at least 4 members (excludes halogenated alkanes) is 1. The van der Waals surface area contributed by atoms with E-state index in [1.54, 1.807) is 6.07 Å². The SMILES string of the molecule is CCCCNc1nncc(Nc2cc(C)on2)n1. The van der Waals surface area contributed by atoms with Crippen LogP contribution < -0.4 is 10.6 Å². The third-order valence-corrected chi connectivity index (χ3v) is 2.26. The number of hydrogen-bond acceptors (Lipinski definition) is 7. The topological polar surface area (TPSA) is 88.8 Å². The van der Waals surface area contributed by atoms with E-state index >= 15 is 0 Å². The molecule has 7 heteroatoms. The van der Waals surface area contributed by atoms with Gasteiger partial charge in [0.2, 0.25) is 5.95 Å². The lowest BCUT2D eigenvalue weighted by Crippen LogP contribution is -2.07. The van der Waals surface area contributed by atoms with Gasteiger partial charge in [-0.2, -0.15) is 10.1 Å². The molecule has 2 aromatic rings. The molecule has 2 rings (SSSR count). The largest absolute Gasteiger partial charge is 0.360 e. The van der Waals surface area contributed by atoms with E-state index in [1.165, 1.54) is 6.20 Å². The van der Waals surface area contributed by atoms with E-state index in [1.807, 2.05) is 6.92 Å². The van der Waals surface area contributed by atoms with Crippen molar-refractivity contribution in [1.82, 2.24) is 20.3 Å². The van der Waals surface area contributed by atoms with Crippen molar-refractivity contribution in [2.45, 2.75) is 26.7 Å². The van der Waals surface area contributed by atoms with E-state index in [9.17, 15) is 0 Å². The van der Waals surface area contributed by atoms with Gasteiger partial charge in [-0.1, -0.05) is 18.5 Å². The van der Waals surface area contributed by atoms with Gasteiger partial charge in [-0.3, -0.25) is 0 Å². The minimum atomic E-state index is 0.508. The Morgan fingerprint density at radius 3 is 2.94 bits per heavy atom. The number of hydrogen-bond donors (Lipinski definition) is 2. The smallest absolute Gasteiger partial charge is 0.244 e. The Morgan fingerprint density at radius 1 is 1.33 bits per heavy atom. The molecule has 96 valence electrons. The van der Waals surface area contributed by atoms with Crippen molar-refractivity contribution in [3.05, 3.63) is 18.0 Å². The van der Waals surface area contributed by atoms with E-state index in [-0.39, 0.29) is 0 Å². The van der Waals surface area contributed by atoms with Crippen LogP contribution in [0, 0.1) is 6.92 Å². The zero-order valence-corrected chi connectivity index (χ0v) is 10.5. The number of rotatable bonds is 6. The molecule has 18 heavy (non-hydrogen) atoms. The summed E-state index contributed by atoms with van der Waals surface area (Å²) < 4.78 is 4.95. The summed E-state index contributed by atoms with van der Waals surface area (Å²) in [4.78, 5) is 4.27. The van der Waals surface area contributed by atoms with Crippen LogP contribution in [0.4, 0.5) is 17.6 Å². The van der Waals surface area contributed by atoms with Crippen molar-refractivity contribution in [2.24, 2.45) is 0 Å². The van der Waals surface area contributed by atoms with Gasteiger partial charge in [0, 0.05) is 12.6 Å². The average molecular weight is 248 g/mol. The normalized spacial score (nSPS) is 10.3. The Morgan fingerprint density at radius 2 is 2.22 bits per heavy atom. The van der Waals surface area contributed by atoms with Crippen molar-refractivity contribution in [1.29, 1.82) is 0 Å². The van der Waals surface area contributed by atoms with Gasteiger partial charge < -0.3 is 15.2 Å². The van der Waals surface area contributed by atoms with Gasteiger partial charge in [0.05, 0.1) is 6.20 Å². The Bertz CT molecular complexity index is 498. The van der Waals surface area contributed by atoms with E-state index in [2.05, 4.69) is 37.9 Å². The van der Waals surface area contributed by atoms with Crippen LogP contribution in [-0.4, -0.2) is 26.9 Å². The molecule has 0 saturated heterocycles. The molecule has 0 aliphatic rings. The molecular formula is C11H16N6O. The van der Waals surface area contributed by atoms with E-state index in [0.29, 0.717) is 17.6 Å². The second-order valence-electron chi connectivity index (χ2n) is 3.89. The van der Waals surface area contributed by atoms with Crippen LogP contribution in [0.3, 0.4) is 0 Å². The Hall–Kier alpha value is -2.18. The molecule has 0 unspecified atom stereocenters. The molecule has 0 saturated carbocycles. The summed E-state index contributed by atoms with van der Waals surface area (Å²) in [6.07, 6.45) is 3.73. The highest BCUT2D eigenvalue weighted by Crippen LogP contribution is 2.13. The highest BCUT2D eigenvalue weighted by Gasteiger charge is 2.03. The van der Waals surface area contributed by atoms with Crippen molar-refractivity contribution < 1.29 is 4.52 Å². The van der Waals surface area contributed by atoms with Crippen molar-refractivity contribution in [2.75, 3.05) is 17.2 Å². The number of nitrogens with zero attached hydrogens (tertiary/aromatic N) is 4. The molecule has 0 spiro atoms. The molecule has 0 aliphatic heterocycles. The molecule has 2 heterocycles. The lowest BCUT2D eigenvalue weighted by molar-refractivity contribution is 0.400. The van der Waals surface area contributed by atoms with Crippen LogP contribution in [0.25, 0.3) is 0 Å². The number of anilines is 3. The van der Waals surface area contributed by atoms with Crippen LogP contribution in [0.2, 0.25) is 0 Å². The highest BCUT2D eigenvalue weighted by molar-refractivity contribution is 5.51. The zero-order chi connectivity index (χ0) is 12.8. The molecule has 0 bridgehead atoms. The van der Waals surface area contributed by atoms with Gasteiger partial charge in [-0.15, -0.1) is 5.10 Å². The van der Waals surface area contributed by atoms with Crippen LogP contribution in [0.15, 0.2) is 16.8 Å². The first-order valence-corrected chi connectivity index (χ1v) is 5.92. The Balaban J connectivity index is 1.98. The molecule has 0 radical (unpaired) electrons. The molecule has 0 fully saturated rings. The second kappa shape index (κ2) is 5.95. The predicted molar refractivity (Wildman–Crippen MR) is 67.7 cm³/mol. The first kappa shape index (κ1) is 12.3. The van der Waals surface area contributed by atoms with Crippen molar-refractivity contribution in [3.63, 3.8) is 0 Å². The Kier molecular flexibility index (Phi) is 4.06. The molecule has 2 N–H and O–H groups in total. The molecule has 7 nitrogen and oxygen atoms in total. The summed E-state index contributed by atoms with van der Waals surface area (Å²) in [6, 6.07) is 1.78. The first-order chi connectivity index (χ1) is 8.78. The second-order valence-corrected chi connectivity index (χ2v) is 3.89. The molecule has 0 aromatic carbocycles. The first-order valence-electron chi connectivity index (χ1n) is 5.92. The lowest BCUT2D eigenvalue weighted by Gasteiger charge is -2.04. The minimum absolute atomic E-state index is 0.508. The number of nitrogens with one attached hydrogen (secondary N) is 2. The monoisotopic (exact) mass is 248 g/mol. The molecule has 0 atom stereocenters. The van der Waals surface area contributed by atoms with Crippen molar-refractivity contribution in [3.8, 4) is 0 Å². The van der Waals surface area contributed by atoms with Crippen LogP contribution in [0.5, 0.6) is 0 Å². The maximum atomic E-state index is 4.95. The molecule has 2 aromatic heterocycles. The van der Waals surface area contributed by atoms with Gasteiger partial charge >= 0.3 is 0 Å². The standard InChI is InChI=1S/C11H16N6O/c1-3-4-5-12-11-15-10(7-13-16-11)14-9-6-8(2)18-17-9/h6-7H,3-5H2,1-2H3,(H2,12,14,15,16,17). The maximum absolute atomic E-state index is 4.95. The minimum Gasteiger partial charge on any atom is -0.360 e. The molecular weight excluding hydrogens is 232 g/mol. The third-order valence-electron chi connectivity index (χ3n) is 2.26. The predicted octanol–water partition coefficient (Wildman–Crippen LogP) is 2.12. The van der Waals surface area contributed by atoms with Crippen LogP contribution in [-0.2, 0) is 0 Å². The van der Waals surface area contributed by atoms with Crippen LogP contribution >= 0.6 is 0 Å². The van der Waals surface area contributed by atoms with Gasteiger partial charge in [-0.25, -0.2) is 0 Å². The van der Waals surface area contributed by atoms with Gasteiger partial charge in [0.1, 0.15) is 5.76 Å². The fourth-order valence-corrected chi connectivity index (χ4v) is 1.37. The van der Waals surface area contributed by atoms with E-state index in [0.717, 1.165) is 25.1 Å². The summed E-state index contributed by atoms with van der Waals surface area (Å²) in [5.74, 6) is 2.43. The maximum Gasteiger partial charge on any atom is 0.244 e. The fourth-order valence-electron chi connectivity index (χ4n) is 1.37. The molecule has 0 aliphatic carbocycles. The number of aryl methyl sites for hydroxylation is 1. The number of aromatic nitrogens is 4. The van der Waals surface area contributed by atoms with Gasteiger partial charge in [0.15, 0.2) is 11.6 Å².